The Hall–Kier alpha value is -1.92. The van der Waals surface area contributed by atoms with Crippen LogP contribution in [0, 0.1) is 6.92 Å². The first-order chi connectivity index (χ1) is 10.7. The van der Waals surface area contributed by atoms with Crippen molar-refractivity contribution in [3.63, 3.8) is 0 Å². The Kier molecular flexibility index (Phi) is 4.40. The van der Waals surface area contributed by atoms with Crippen molar-refractivity contribution in [3.05, 3.63) is 58.5 Å². The van der Waals surface area contributed by atoms with E-state index in [0.717, 1.165) is 26.9 Å². The maximum atomic E-state index is 9.37. The van der Waals surface area contributed by atoms with E-state index in [1.165, 1.54) is 0 Å². The minimum atomic E-state index is -0.00824. The summed E-state index contributed by atoms with van der Waals surface area (Å²) >= 11 is 3.44. The molecule has 5 nitrogen and oxygen atoms in total. The molecule has 1 aromatic carbocycles. The van der Waals surface area contributed by atoms with Crippen molar-refractivity contribution < 1.29 is 5.11 Å². The SMILES string of the molecule is Cc1cnn2ccnc(NC(CCO)c3ccc(Br)cc3)c12. The van der Waals surface area contributed by atoms with Gasteiger partial charge in [-0.1, -0.05) is 28.1 Å². The van der Waals surface area contributed by atoms with Gasteiger partial charge in [-0.25, -0.2) is 9.50 Å². The normalized spacial score (nSPS) is 12.5. The number of halogens is 1. The standard InChI is InChI=1S/C16H17BrN4O/c1-11-10-19-21-8-7-18-16(15(11)21)20-14(6-9-22)12-2-4-13(17)5-3-12/h2-5,7-8,10,14,22H,6,9H2,1H3,(H,18,20). The second kappa shape index (κ2) is 6.46. The molecule has 1 unspecified atom stereocenters. The van der Waals surface area contributed by atoms with Crippen LogP contribution in [0.5, 0.6) is 0 Å². The van der Waals surface area contributed by atoms with Gasteiger partial charge in [0.2, 0.25) is 0 Å². The van der Waals surface area contributed by atoms with E-state index in [2.05, 4.69) is 31.3 Å². The van der Waals surface area contributed by atoms with Crippen LogP contribution in [0.1, 0.15) is 23.6 Å². The van der Waals surface area contributed by atoms with Crippen molar-refractivity contribution in [1.29, 1.82) is 0 Å². The topological polar surface area (TPSA) is 62.5 Å². The van der Waals surface area contributed by atoms with Crippen LogP contribution in [-0.2, 0) is 0 Å². The molecule has 2 N–H and O–H groups in total. The quantitative estimate of drug-likeness (QED) is 0.732. The Morgan fingerprint density at radius 1 is 1.32 bits per heavy atom. The molecule has 6 heteroatoms. The van der Waals surface area contributed by atoms with Crippen molar-refractivity contribution in [2.24, 2.45) is 0 Å². The number of aromatic nitrogens is 3. The minimum Gasteiger partial charge on any atom is -0.396 e. The molecule has 0 spiro atoms. The Labute approximate surface area is 137 Å². The van der Waals surface area contributed by atoms with Crippen molar-refractivity contribution in [2.75, 3.05) is 11.9 Å². The number of fused-ring (bicyclic) bond motifs is 1. The fourth-order valence-electron chi connectivity index (χ4n) is 2.51. The maximum absolute atomic E-state index is 9.37. The smallest absolute Gasteiger partial charge is 0.152 e. The molecule has 0 radical (unpaired) electrons. The molecule has 3 rings (SSSR count). The molecule has 0 aliphatic rings. The van der Waals surface area contributed by atoms with Gasteiger partial charge in [-0.15, -0.1) is 0 Å². The molecule has 114 valence electrons. The van der Waals surface area contributed by atoms with Crippen molar-refractivity contribution in [3.8, 4) is 0 Å². The Morgan fingerprint density at radius 3 is 2.82 bits per heavy atom. The van der Waals surface area contributed by atoms with Gasteiger partial charge >= 0.3 is 0 Å². The van der Waals surface area contributed by atoms with Gasteiger partial charge in [0, 0.05) is 23.5 Å². The van der Waals surface area contributed by atoms with Crippen LogP contribution in [0.25, 0.3) is 5.52 Å². The van der Waals surface area contributed by atoms with E-state index in [1.807, 2.05) is 48.1 Å². The molecule has 1 atom stereocenters. The molecule has 22 heavy (non-hydrogen) atoms. The highest BCUT2D eigenvalue weighted by Gasteiger charge is 2.15. The molecular weight excluding hydrogens is 344 g/mol. The first kappa shape index (κ1) is 15.0. The van der Waals surface area contributed by atoms with E-state index < -0.39 is 0 Å². The van der Waals surface area contributed by atoms with Crippen molar-refractivity contribution in [2.45, 2.75) is 19.4 Å². The number of aliphatic hydroxyl groups excluding tert-OH is 1. The Bertz CT molecular complexity index is 769. The van der Waals surface area contributed by atoms with Gasteiger partial charge < -0.3 is 10.4 Å². The van der Waals surface area contributed by atoms with Crippen LogP contribution >= 0.6 is 15.9 Å². The Morgan fingerprint density at radius 2 is 2.09 bits per heavy atom. The molecule has 0 saturated carbocycles. The van der Waals surface area contributed by atoms with E-state index in [4.69, 9.17) is 0 Å². The van der Waals surface area contributed by atoms with Crippen LogP contribution < -0.4 is 5.32 Å². The molecule has 0 amide bonds. The average molecular weight is 361 g/mol. The maximum Gasteiger partial charge on any atom is 0.152 e. The summed E-state index contributed by atoms with van der Waals surface area (Å²) in [7, 11) is 0. The number of rotatable bonds is 5. The van der Waals surface area contributed by atoms with Gasteiger partial charge in [0.05, 0.1) is 12.2 Å². The summed E-state index contributed by atoms with van der Waals surface area (Å²) in [6.07, 6.45) is 5.98. The van der Waals surface area contributed by atoms with Crippen molar-refractivity contribution in [1.82, 2.24) is 14.6 Å². The van der Waals surface area contributed by atoms with Gasteiger partial charge in [-0.2, -0.15) is 5.10 Å². The van der Waals surface area contributed by atoms with Gasteiger partial charge in [-0.3, -0.25) is 0 Å². The number of hydrogen-bond acceptors (Lipinski definition) is 4. The number of aryl methyl sites for hydroxylation is 1. The van der Waals surface area contributed by atoms with Crippen molar-refractivity contribution >= 4 is 27.3 Å². The van der Waals surface area contributed by atoms with E-state index in [0.29, 0.717) is 6.42 Å². The highest BCUT2D eigenvalue weighted by atomic mass is 79.9. The first-order valence-corrected chi connectivity index (χ1v) is 7.90. The fourth-order valence-corrected chi connectivity index (χ4v) is 2.77. The summed E-state index contributed by atoms with van der Waals surface area (Å²) in [4.78, 5) is 4.44. The van der Waals surface area contributed by atoms with E-state index in [1.54, 1.807) is 6.20 Å². The van der Waals surface area contributed by atoms with Crippen LogP contribution in [0.15, 0.2) is 47.3 Å². The summed E-state index contributed by atoms with van der Waals surface area (Å²) in [6.45, 7) is 2.12. The monoisotopic (exact) mass is 360 g/mol. The first-order valence-electron chi connectivity index (χ1n) is 7.11. The summed E-state index contributed by atoms with van der Waals surface area (Å²) in [6, 6.07) is 8.08. The lowest BCUT2D eigenvalue weighted by Gasteiger charge is -2.19. The number of anilines is 1. The van der Waals surface area contributed by atoms with Gasteiger partial charge in [0.25, 0.3) is 0 Å². The molecule has 2 heterocycles. The molecule has 2 aromatic heterocycles. The zero-order valence-corrected chi connectivity index (χ0v) is 13.8. The zero-order chi connectivity index (χ0) is 15.5. The van der Waals surface area contributed by atoms with Crippen LogP contribution in [0.4, 0.5) is 5.82 Å². The van der Waals surface area contributed by atoms with E-state index in [-0.39, 0.29) is 12.6 Å². The Balaban J connectivity index is 1.96. The van der Waals surface area contributed by atoms with Gasteiger partial charge in [0.15, 0.2) is 5.82 Å². The lowest BCUT2D eigenvalue weighted by Crippen LogP contribution is -2.14. The predicted octanol–water partition coefficient (Wildman–Crippen LogP) is 3.34. The number of nitrogens with one attached hydrogen (secondary N) is 1. The number of hydrogen-bond donors (Lipinski definition) is 2. The molecule has 0 aliphatic carbocycles. The number of benzene rings is 1. The molecule has 0 bridgehead atoms. The summed E-state index contributed by atoms with van der Waals surface area (Å²) in [5, 5.41) is 17.1. The third-order valence-corrected chi connectivity index (χ3v) is 4.14. The molecule has 0 aliphatic heterocycles. The third kappa shape index (κ3) is 2.98. The van der Waals surface area contributed by atoms with E-state index in [9.17, 15) is 5.11 Å². The zero-order valence-electron chi connectivity index (χ0n) is 12.2. The average Bonchev–Trinajstić information content (AvgIpc) is 2.90. The lowest BCUT2D eigenvalue weighted by molar-refractivity contribution is 0.280. The lowest BCUT2D eigenvalue weighted by atomic mass is 10.0. The van der Waals surface area contributed by atoms with Gasteiger partial charge in [0.1, 0.15) is 5.52 Å². The summed E-state index contributed by atoms with van der Waals surface area (Å²) in [5.41, 5.74) is 3.13. The molecule has 0 saturated heterocycles. The van der Waals surface area contributed by atoms with Crippen LogP contribution in [0.2, 0.25) is 0 Å². The second-order valence-electron chi connectivity index (χ2n) is 5.16. The highest BCUT2D eigenvalue weighted by molar-refractivity contribution is 9.10. The molecular formula is C16H17BrN4O. The number of aliphatic hydroxyl groups is 1. The highest BCUT2D eigenvalue weighted by Crippen LogP contribution is 2.26. The fraction of sp³-hybridized carbons (Fsp3) is 0.250. The van der Waals surface area contributed by atoms with Gasteiger partial charge in [-0.05, 0) is 36.6 Å². The molecule has 3 aromatic rings. The summed E-state index contributed by atoms with van der Waals surface area (Å²) < 4.78 is 2.84. The van der Waals surface area contributed by atoms with E-state index >= 15 is 0 Å². The molecule has 0 fully saturated rings. The van der Waals surface area contributed by atoms with Crippen LogP contribution in [0.3, 0.4) is 0 Å². The largest absolute Gasteiger partial charge is 0.396 e. The minimum absolute atomic E-state index is 0.00824. The second-order valence-corrected chi connectivity index (χ2v) is 6.07. The number of nitrogens with zero attached hydrogens (tertiary/aromatic N) is 3. The van der Waals surface area contributed by atoms with Crippen LogP contribution in [-0.4, -0.2) is 26.3 Å². The third-order valence-electron chi connectivity index (χ3n) is 3.62. The predicted molar refractivity (Wildman–Crippen MR) is 89.9 cm³/mol. The summed E-state index contributed by atoms with van der Waals surface area (Å²) in [5.74, 6) is 0.777.